The van der Waals surface area contributed by atoms with Crippen LogP contribution >= 0.6 is 0 Å². The second-order valence-electron chi connectivity index (χ2n) is 5.50. The molecule has 0 fully saturated rings. The van der Waals surface area contributed by atoms with Crippen LogP contribution in [0.2, 0.25) is 0 Å². The van der Waals surface area contributed by atoms with Crippen molar-refractivity contribution in [3.8, 4) is 0 Å². The van der Waals surface area contributed by atoms with Crippen LogP contribution in [0.4, 0.5) is 27.5 Å². The minimum atomic E-state index is -1.07. The van der Waals surface area contributed by atoms with Gasteiger partial charge in [0.2, 0.25) is 0 Å². The second-order valence-corrected chi connectivity index (χ2v) is 5.50. The van der Waals surface area contributed by atoms with Crippen molar-refractivity contribution >= 4 is 28.8 Å². The molecule has 0 unspecified atom stereocenters. The van der Waals surface area contributed by atoms with E-state index in [0.29, 0.717) is 5.69 Å². The molecular formula is C17H19N3O2. The number of nitrogens with two attached hydrogens (primary N) is 1. The van der Waals surface area contributed by atoms with Crippen molar-refractivity contribution in [3.05, 3.63) is 47.5 Å². The molecule has 2 aromatic rings. The first-order valence-electron chi connectivity index (χ1n) is 7.41. The van der Waals surface area contributed by atoms with Gasteiger partial charge in [-0.05, 0) is 67.1 Å². The number of nitrogen functional groups attached to an aromatic ring is 1. The van der Waals surface area contributed by atoms with Crippen LogP contribution in [-0.4, -0.2) is 11.2 Å². The van der Waals surface area contributed by atoms with Crippen LogP contribution in [0.3, 0.4) is 0 Å². The maximum atomic E-state index is 10.6. The number of fused-ring (bicyclic) bond motifs is 1. The third-order valence-corrected chi connectivity index (χ3v) is 3.99. The summed E-state index contributed by atoms with van der Waals surface area (Å²) in [6.45, 7) is 0. The Labute approximate surface area is 129 Å². The number of carbonyl (C=O) groups is 1. The number of hydrogen-bond acceptors (Lipinski definition) is 3. The highest BCUT2D eigenvalue weighted by molar-refractivity contribution is 5.83. The maximum Gasteiger partial charge on any atom is 0.409 e. The monoisotopic (exact) mass is 297 g/mol. The summed E-state index contributed by atoms with van der Waals surface area (Å²) >= 11 is 0. The molecule has 0 atom stereocenters. The number of rotatable bonds is 3. The molecule has 0 aliphatic heterocycles. The Balaban J connectivity index is 1.79. The summed E-state index contributed by atoms with van der Waals surface area (Å²) in [5.74, 6) is 0. The highest BCUT2D eigenvalue weighted by Crippen LogP contribution is 2.33. The fraction of sp³-hybridized carbons (Fsp3) is 0.235. The van der Waals surface area contributed by atoms with Crippen molar-refractivity contribution in [2.24, 2.45) is 0 Å². The first kappa shape index (κ1) is 14.3. The molecule has 1 amide bonds. The van der Waals surface area contributed by atoms with Gasteiger partial charge in [-0.3, -0.25) is 5.32 Å². The molecule has 0 radical (unpaired) electrons. The van der Waals surface area contributed by atoms with E-state index in [1.807, 2.05) is 18.2 Å². The van der Waals surface area contributed by atoms with Crippen molar-refractivity contribution in [3.63, 3.8) is 0 Å². The first-order valence-corrected chi connectivity index (χ1v) is 7.41. The number of carboxylic acid groups (broad SMARTS) is 1. The number of benzene rings is 2. The molecule has 0 saturated heterocycles. The van der Waals surface area contributed by atoms with Gasteiger partial charge in [-0.15, -0.1) is 0 Å². The summed E-state index contributed by atoms with van der Waals surface area (Å²) < 4.78 is 0. The van der Waals surface area contributed by atoms with Crippen molar-refractivity contribution < 1.29 is 9.90 Å². The largest absolute Gasteiger partial charge is 0.465 e. The third-order valence-electron chi connectivity index (χ3n) is 3.99. The summed E-state index contributed by atoms with van der Waals surface area (Å²) in [5.41, 5.74) is 12.1. The lowest BCUT2D eigenvalue weighted by Crippen LogP contribution is -2.08. The average Bonchev–Trinajstić information content (AvgIpc) is 2.52. The van der Waals surface area contributed by atoms with E-state index in [2.05, 4.69) is 16.7 Å². The Hall–Kier alpha value is -2.69. The zero-order valence-electron chi connectivity index (χ0n) is 12.2. The molecule has 2 aromatic carbocycles. The molecule has 5 N–H and O–H groups in total. The van der Waals surface area contributed by atoms with Gasteiger partial charge in [-0.1, -0.05) is 6.07 Å². The van der Waals surface area contributed by atoms with Crippen molar-refractivity contribution in [2.75, 3.05) is 16.4 Å². The fourth-order valence-electron chi connectivity index (χ4n) is 2.88. The van der Waals surface area contributed by atoms with Crippen molar-refractivity contribution in [1.29, 1.82) is 0 Å². The van der Waals surface area contributed by atoms with Gasteiger partial charge in [0.1, 0.15) is 0 Å². The van der Waals surface area contributed by atoms with E-state index >= 15 is 0 Å². The predicted octanol–water partition coefficient (Wildman–Crippen LogP) is 3.98. The Kier molecular flexibility index (Phi) is 3.87. The second kappa shape index (κ2) is 5.97. The van der Waals surface area contributed by atoms with Gasteiger partial charge in [0.25, 0.3) is 0 Å². The number of nitrogens with one attached hydrogen (secondary N) is 2. The Morgan fingerprint density at radius 2 is 1.68 bits per heavy atom. The van der Waals surface area contributed by atoms with Gasteiger partial charge in [-0.2, -0.15) is 0 Å². The maximum absolute atomic E-state index is 10.6. The molecule has 1 aliphatic rings. The van der Waals surface area contributed by atoms with E-state index in [9.17, 15) is 4.79 Å². The lowest BCUT2D eigenvalue weighted by atomic mass is 9.90. The molecule has 5 nitrogen and oxygen atoms in total. The Morgan fingerprint density at radius 3 is 2.41 bits per heavy atom. The zero-order chi connectivity index (χ0) is 15.5. The number of amides is 1. The third kappa shape index (κ3) is 2.98. The van der Waals surface area contributed by atoms with E-state index in [-0.39, 0.29) is 0 Å². The van der Waals surface area contributed by atoms with E-state index in [0.717, 1.165) is 29.9 Å². The standard InChI is InChI=1S/C17H19N3O2/c18-16-14-4-2-1-3-11(14)5-10-15(16)19-12-6-8-13(9-7-12)20-17(21)22/h5-10,19-20H,1-4,18H2,(H,21,22). The quantitative estimate of drug-likeness (QED) is 0.645. The van der Waals surface area contributed by atoms with Gasteiger partial charge in [0.05, 0.1) is 11.4 Å². The number of anilines is 4. The average molecular weight is 297 g/mol. The molecule has 114 valence electrons. The van der Waals surface area contributed by atoms with E-state index in [4.69, 9.17) is 10.8 Å². The van der Waals surface area contributed by atoms with E-state index in [1.54, 1.807) is 12.1 Å². The van der Waals surface area contributed by atoms with Crippen LogP contribution in [-0.2, 0) is 12.8 Å². The predicted molar refractivity (Wildman–Crippen MR) is 88.9 cm³/mol. The smallest absolute Gasteiger partial charge is 0.409 e. The molecule has 22 heavy (non-hydrogen) atoms. The highest BCUT2D eigenvalue weighted by atomic mass is 16.4. The molecule has 0 bridgehead atoms. The van der Waals surface area contributed by atoms with Crippen LogP contribution in [0.15, 0.2) is 36.4 Å². The minimum absolute atomic E-state index is 0.538. The molecule has 0 spiro atoms. The first-order chi connectivity index (χ1) is 10.6. The summed E-state index contributed by atoms with van der Waals surface area (Å²) in [4.78, 5) is 10.6. The highest BCUT2D eigenvalue weighted by Gasteiger charge is 2.14. The fourth-order valence-corrected chi connectivity index (χ4v) is 2.88. The Bertz CT molecular complexity index is 696. The number of hydrogen-bond donors (Lipinski definition) is 4. The van der Waals surface area contributed by atoms with Crippen molar-refractivity contribution in [1.82, 2.24) is 0 Å². The van der Waals surface area contributed by atoms with Crippen LogP contribution in [0, 0.1) is 0 Å². The zero-order valence-corrected chi connectivity index (χ0v) is 12.2. The van der Waals surface area contributed by atoms with Crippen LogP contribution < -0.4 is 16.4 Å². The van der Waals surface area contributed by atoms with Gasteiger partial charge in [0, 0.05) is 11.4 Å². The van der Waals surface area contributed by atoms with Crippen molar-refractivity contribution in [2.45, 2.75) is 25.7 Å². The molecule has 0 heterocycles. The summed E-state index contributed by atoms with van der Waals surface area (Å²) in [7, 11) is 0. The lowest BCUT2D eigenvalue weighted by Gasteiger charge is -2.20. The summed E-state index contributed by atoms with van der Waals surface area (Å²) in [5, 5.41) is 14.3. The summed E-state index contributed by atoms with van der Waals surface area (Å²) in [6.07, 6.45) is 3.50. The number of aryl methyl sites for hydroxylation is 1. The lowest BCUT2D eigenvalue weighted by molar-refractivity contribution is 0.210. The van der Waals surface area contributed by atoms with E-state index < -0.39 is 6.09 Å². The molecule has 0 aromatic heterocycles. The molecule has 5 heteroatoms. The van der Waals surface area contributed by atoms with Gasteiger partial charge in [-0.25, -0.2) is 4.79 Å². The minimum Gasteiger partial charge on any atom is -0.465 e. The molecular weight excluding hydrogens is 278 g/mol. The molecule has 1 aliphatic carbocycles. The van der Waals surface area contributed by atoms with Gasteiger partial charge >= 0.3 is 6.09 Å². The Morgan fingerprint density at radius 1 is 1.00 bits per heavy atom. The molecule has 3 rings (SSSR count). The SMILES string of the molecule is Nc1c(Nc2ccc(NC(=O)O)cc2)ccc2c1CCCC2. The van der Waals surface area contributed by atoms with Crippen LogP contribution in [0.5, 0.6) is 0 Å². The molecule has 0 saturated carbocycles. The normalized spacial score (nSPS) is 13.3. The summed E-state index contributed by atoms with van der Waals surface area (Å²) in [6, 6.07) is 11.2. The van der Waals surface area contributed by atoms with Gasteiger partial charge < -0.3 is 16.2 Å². The van der Waals surface area contributed by atoms with Crippen LogP contribution in [0.1, 0.15) is 24.0 Å². The van der Waals surface area contributed by atoms with E-state index in [1.165, 1.54) is 24.0 Å². The van der Waals surface area contributed by atoms with Gasteiger partial charge in [0.15, 0.2) is 0 Å². The van der Waals surface area contributed by atoms with Crippen LogP contribution in [0.25, 0.3) is 0 Å². The topological polar surface area (TPSA) is 87.4 Å².